The topological polar surface area (TPSA) is 145 Å². The van der Waals surface area contributed by atoms with E-state index in [-0.39, 0.29) is 30.8 Å². The van der Waals surface area contributed by atoms with Crippen molar-refractivity contribution in [2.45, 2.75) is 44.7 Å². The maximum Gasteiger partial charge on any atom is 0.328 e. The lowest BCUT2D eigenvalue weighted by Crippen LogP contribution is -2.49. The Morgan fingerprint density at radius 3 is 2.46 bits per heavy atom. The zero-order valence-corrected chi connectivity index (χ0v) is 27.0. The van der Waals surface area contributed by atoms with Gasteiger partial charge in [-0.05, 0) is 37.1 Å². The third kappa shape index (κ3) is 6.37. The van der Waals surface area contributed by atoms with Gasteiger partial charge in [-0.15, -0.1) is 0 Å². The summed E-state index contributed by atoms with van der Waals surface area (Å²) in [5, 5.41) is 6.34. The first-order valence-corrected chi connectivity index (χ1v) is 16.3. The van der Waals surface area contributed by atoms with Crippen LogP contribution in [0.2, 0.25) is 0 Å². The molecule has 2 saturated heterocycles. The Hall–Kier alpha value is -5.18. The lowest BCUT2D eigenvalue weighted by atomic mass is 10.2. The monoisotopic (exact) mass is 655 g/mol. The third-order valence-corrected chi connectivity index (χ3v) is 9.27. The van der Waals surface area contributed by atoms with E-state index in [9.17, 15) is 18.8 Å². The van der Waals surface area contributed by atoms with Gasteiger partial charge in [0.25, 0.3) is 5.91 Å². The average Bonchev–Trinajstić information content (AvgIpc) is 3.74. The number of amides is 4. The maximum absolute atomic E-state index is 14.7. The van der Waals surface area contributed by atoms with Crippen molar-refractivity contribution in [2.75, 3.05) is 61.9 Å². The molecular formula is C33H38FN11O3. The van der Waals surface area contributed by atoms with Crippen molar-refractivity contribution in [2.24, 2.45) is 0 Å². The summed E-state index contributed by atoms with van der Waals surface area (Å²) in [6.45, 7) is 3.45. The molecule has 1 aliphatic carbocycles. The quantitative estimate of drug-likeness (QED) is 0.270. The Labute approximate surface area is 277 Å². The van der Waals surface area contributed by atoms with Crippen molar-refractivity contribution in [3.8, 4) is 0 Å². The summed E-state index contributed by atoms with van der Waals surface area (Å²) in [4.78, 5) is 62.0. The molecule has 3 fully saturated rings. The number of piperazine rings is 1. The molecule has 0 radical (unpaired) electrons. The van der Waals surface area contributed by atoms with Gasteiger partial charge in [0, 0.05) is 83.0 Å². The number of urea groups is 1. The number of rotatable bonds is 8. The van der Waals surface area contributed by atoms with E-state index in [0.29, 0.717) is 48.3 Å². The van der Waals surface area contributed by atoms with E-state index >= 15 is 0 Å². The van der Waals surface area contributed by atoms with Gasteiger partial charge < -0.3 is 19.7 Å². The van der Waals surface area contributed by atoms with Gasteiger partial charge in [0.05, 0.1) is 23.8 Å². The second-order valence-electron chi connectivity index (χ2n) is 12.7. The average molecular weight is 656 g/mol. The van der Waals surface area contributed by atoms with Crippen LogP contribution >= 0.6 is 0 Å². The van der Waals surface area contributed by atoms with Crippen LogP contribution in [-0.2, 0) is 11.3 Å². The first-order valence-electron chi connectivity index (χ1n) is 16.3. The van der Waals surface area contributed by atoms with Crippen LogP contribution in [0.1, 0.15) is 54.2 Å². The number of pyridine rings is 2. The molecule has 2 N–H and O–H groups in total. The summed E-state index contributed by atoms with van der Waals surface area (Å²) in [6.07, 6.45) is 9.38. The summed E-state index contributed by atoms with van der Waals surface area (Å²) in [6, 6.07) is 7.12. The Balaban J connectivity index is 0.986. The van der Waals surface area contributed by atoms with Crippen LogP contribution in [0.25, 0.3) is 11.0 Å². The number of carbonyl (C=O) groups is 3. The zero-order valence-electron chi connectivity index (χ0n) is 27.0. The molecule has 0 atom stereocenters. The predicted molar refractivity (Wildman–Crippen MR) is 178 cm³/mol. The predicted octanol–water partition coefficient (Wildman–Crippen LogP) is 3.69. The lowest BCUT2D eigenvalue weighted by molar-refractivity contribution is -0.120. The second kappa shape index (κ2) is 13.1. The number of nitrogens with one attached hydrogen (secondary N) is 2. The number of fused-ring (bicyclic) bond motifs is 1. The van der Waals surface area contributed by atoms with Crippen molar-refractivity contribution in [1.82, 2.24) is 39.6 Å². The van der Waals surface area contributed by atoms with Crippen molar-refractivity contribution >= 4 is 52.0 Å². The molecule has 14 nitrogen and oxygen atoms in total. The summed E-state index contributed by atoms with van der Waals surface area (Å²) in [7, 11) is 3.52. The molecule has 250 valence electrons. The van der Waals surface area contributed by atoms with E-state index in [0.717, 1.165) is 55.5 Å². The van der Waals surface area contributed by atoms with Gasteiger partial charge in [-0.2, -0.15) is 9.37 Å². The molecule has 3 aliphatic rings. The number of halogens is 1. The normalized spacial score (nSPS) is 17.6. The van der Waals surface area contributed by atoms with Crippen LogP contribution in [0.3, 0.4) is 0 Å². The molecule has 4 aromatic heterocycles. The standard InChI is InChI=1S/C33H38FN11O3/c1-41(2)31(47)26-16-21-17-37-32(40-30(21)45(26)23-5-3-4-6-23)38-27-8-7-24(18-35-27)43-13-11-42(12-14-43)20-22-15-25(19-36-29(22)34)44-10-9-28(46)39-33(44)48/h7-8,15-19,23H,3-6,9-14,20H2,1-2H3,(H,39,46,48)(H,35,37,38,40). The highest BCUT2D eigenvalue weighted by atomic mass is 19.1. The smallest absolute Gasteiger partial charge is 0.328 e. The Bertz CT molecular complexity index is 1850. The van der Waals surface area contributed by atoms with Crippen molar-refractivity contribution in [3.63, 3.8) is 0 Å². The molecule has 0 bridgehead atoms. The van der Waals surface area contributed by atoms with Crippen LogP contribution in [0.15, 0.2) is 42.9 Å². The van der Waals surface area contributed by atoms with Crippen molar-refractivity contribution < 1.29 is 18.8 Å². The maximum atomic E-state index is 14.7. The number of hydrogen-bond donors (Lipinski definition) is 2. The Morgan fingerprint density at radius 2 is 1.75 bits per heavy atom. The second-order valence-corrected chi connectivity index (χ2v) is 12.7. The van der Waals surface area contributed by atoms with E-state index in [1.165, 1.54) is 11.1 Å². The molecule has 48 heavy (non-hydrogen) atoms. The van der Waals surface area contributed by atoms with Gasteiger partial charge in [-0.25, -0.2) is 19.7 Å². The minimum absolute atomic E-state index is 0.0474. The fourth-order valence-corrected chi connectivity index (χ4v) is 6.71. The number of nitrogens with zero attached hydrogens (tertiary/aromatic N) is 9. The molecule has 0 unspecified atom stereocenters. The molecule has 2 aliphatic heterocycles. The lowest BCUT2D eigenvalue weighted by Gasteiger charge is -2.36. The fourth-order valence-electron chi connectivity index (χ4n) is 6.71. The van der Waals surface area contributed by atoms with Gasteiger partial charge in [0.15, 0.2) is 0 Å². The highest BCUT2D eigenvalue weighted by Gasteiger charge is 2.28. The van der Waals surface area contributed by atoms with Gasteiger partial charge in [0.1, 0.15) is 17.2 Å². The van der Waals surface area contributed by atoms with E-state index in [1.807, 2.05) is 24.4 Å². The SMILES string of the molecule is CN(C)C(=O)c1cc2cnc(Nc3ccc(N4CCN(Cc5cc(N6CCC(=O)NC6=O)cnc5F)CC4)cn3)nc2n1C1CCCC1. The highest BCUT2D eigenvalue weighted by molar-refractivity contribution is 6.05. The Kier molecular flexibility index (Phi) is 8.60. The Morgan fingerprint density at radius 1 is 0.979 bits per heavy atom. The first-order chi connectivity index (χ1) is 23.2. The molecule has 4 amide bonds. The molecule has 1 saturated carbocycles. The largest absolute Gasteiger partial charge is 0.368 e. The molecule has 15 heteroatoms. The summed E-state index contributed by atoms with van der Waals surface area (Å²) in [5.74, 6) is 0.0805. The number of aromatic nitrogens is 5. The molecule has 0 spiro atoms. The minimum atomic E-state index is -0.570. The van der Waals surface area contributed by atoms with Crippen LogP contribution in [0.5, 0.6) is 0 Å². The van der Waals surface area contributed by atoms with Crippen LogP contribution in [-0.4, -0.2) is 99.0 Å². The van der Waals surface area contributed by atoms with Gasteiger partial charge in [0.2, 0.25) is 17.8 Å². The zero-order chi connectivity index (χ0) is 33.4. The van der Waals surface area contributed by atoms with Gasteiger partial charge in [-0.3, -0.25) is 24.7 Å². The van der Waals surface area contributed by atoms with Crippen LogP contribution in [0.4, 0.5) is 32.3 Å². The number of hydrogen-bond acceptors (Lipinski definition) is 10. The fraction of sp³-hybridized carbons (Fsp3) is 0.424. The number of anilines is 4. The summed E-state index contributed by atoms with van der Waals surface area (Å²) < 4.78 is 16.7. The van der Waals surface area contributed by atoms with Crippen LogP contribution < -0.4 is 20.4 Å². The highest BCUT2D eigenvalue weighted by Crippen LogP contribution is 2.35. The molecule has 0 aromatic carbocycles. The first kappa shape index (κ1) is 31.4. The van der Waals surface area contributed by atoms with Crippen LogP contribution in [0, 0.1) is 5.95 Å². The number of carbonyl (C=O) groups excluding carboxylic acids is 3. The molecular weight excluding hydrogens is 617 g/mol. The number of imide groups is 1. The van der Waals surface area contributed by atoms with E-state index in [2.05, 4.69) is 40.0 Å². The van der Waals surface area contributed by atoms with E-state index < -0.39 is 12.0 Å². The minimum Gasteiger partial charge on any atom is -0.368 e. The van der Waals surface area contributed by atoms with Gasteiger partial charge >= 0.3 is 6.03 Å². The summed E-state index contributed by atoms with van der Waals surface area (Å²) >= 11 is 0. The van der Waals surface area contributed by atoms with E-state index in [4.69, 9.17) is 4.98 Å². The molecule has 4 aromatic rings. The summed E-state index contributed by atoms with van der Waals surface area (Å²) in [5.41, 5.74) is 3.22. The molecule has 7 rings (SSSR count). The van der Waals surface area contributed by atoms with E-state index in [1.54, 1.807) is 31.3 Å². The van der Waals surface area contributed by atoms with Crippen molar-refractivity contribution in [3.05, 3.63) is 60.1 Å². The van der Waals surface area contributed by atoms with Gasteiger partial charge in [-0.1, -0.05) is 12.8 Å². The third-order valence-electron chi connectivity index (χ3n) is 9.27. The van der Waals surface area contributed by atoms with Crippen molar-refractivity contribution in [1.29, 1.82) is 0 Å². The molecule has 6 heterocycles.